The zero-order valence-electron chi connectivity index (χ0n) is 13.8. The summed E-state index contributed by atoms with van der Waals surface area (Å²) < 4.78 is 5.17. The van der Waals surface area contributed by atoms with Crippen LogP contribution in [0.1, 0.15) is 48.9 Å². The molecule has 0 aliphatic carbocycles. The topological polar surface area (TPSA) is 104 Å². The van der Waals surface area contributed by atoms with Gasteiger partial charge in [0, 0.05) is 43.5 Å². The highest BCUT2D eigenvalue weighted by Crippen LogP contribution is 2.17. The summed E-state index contributed by atoms with van der Waals surface area (Å²) in [5.74, 6) is 0.998. The predicted molar refractivity (Wildman–Crippen MR) is 88.2 cm³/mol. The molecule has 2 aromatic rings. The molecule has 1 amide bonds. The summed E-state index contributed by atoms with van der Waals surface area (Å²) in [7, 11) is 0. The number of H-pyrrole nitrogens is 1. The fraction of sp³-hybridized carbons (Fsp3) is 0.500. The van der Waals surface area contributed by atoms with E-state index < -0.39 is 0 Å². The van der Waals surface area contributed by atoms with E-state index in [0.717, 1.165) is 19.4 Å². The second-order valence-corrected chi connectivity index (χ2v) is 6.27. The van der Waals surface area contributed by atoms with E-state index >= 15 is 0 Å². The number of nitrogens with zero attached hydrogens (tertiary/aromatic N) is 3. The number of aromatic amines is 1. The third-order valence-electron chi connectivity index (χ3n) is 4.08. The molecule has 0 unspecified atom stereocenters. The molecule has 8 heteroatoms. The van der Waals surface area contributed by atoms with E-state index in [1.807, 2.05) is 18.7 Å². The molecule has 8 nitrogen and oxygen atoms in total. The van der Waals surface area contributed by atoms with Gasteiger partial charge in [-0.1, -0.05) is 19.0 Å². The third kappa shape index (κ3) is 3.47. The number of piperidine rings is 1. The third-order valence-corrected chi connectivity index (χ3v) is 4.08. The average Bonchev–Trinajstić information content (AvgIpc) is 3.06. The molecule has 24 heavy (non-hydrogen) atoms. The Morgan fingerprint density at radius 1 is 1.50 bits per heavy atom. The maximum absolute atomic E-state index is 12.3. The van der Waals surface area contributed by atoms with Gasteiger partial charge in [0.25, 0.3) is 11.5 Å². The summed E-state index contributed by atoms with van der Waals surface area (Å²) in [6.45, 7) is 5.24. The quantitative estimate of drug-likeness (QED) is 0.874. The van der Waals surface area contributed by atoms with Gasteiger partial charge < -0.3 is 19.7 Å². The van der Waals surface area contributed by atoms with Crippen molar-refractivity contribution in [2.75, 3.05) is 18.0 Å². The van der Waals surface area contributed by atoms with Gasteiger partial charge in [-0.15, -0.1) is 0 Å². The van der Waals surface area contributed by atoms with Crippen LogP contribution in [0, 0.1) is 0 Å². The molecule has 1 atom stereocenters. The van der Waals surface area contributed by atoms with E-state index in [-0.39, 0.29) is 29.1 Å². The first-order chi connectivity index (χ1) is 11.5. The molecule has 0 saturated carbocycles. The van der Waals surface area contributed by atoms with Crippen molar-refractivity contribution in [2.24, 2.45) is 0 Å². The normalized spacial score (nSPS) is 18.0. The Morgan fingerprint density at radius 2 is 2.33 bits per heavy atom. The predicted octanol–water partition coefficient (Wildman–Crippen LogP) is 1.28. The minimum Gasteiger partial charge on any atom is -0.360 e. The van der Waals surface area contributed by atoms with Crippen LogP contribution in [0.25, 0.3) is 0 Å². The standard InChI is InChI=1S/C16H21N5O3/c1-10(2)13-8-12(20-24-13)15(22)19-11-4-3-7-21(9-11)14-16(23)18-6-5-17-14/h5-6,8,10-11H,3-4,7,9H2,1-2H3,(H,18,23)(H,19,22)/t11-/m1/s1. The molecule has 0 bridgehead atoms. The molecule has 3 rings (SSSR count). The molecular weight excluding hydrogens is 310 g/mol. The van der Waals surface area contributed by atoms with E-state index in [0.29, 0.717) is 18.1 Å². The smallest absolute Gasteiger partial charge is 0.290 e. The van der Waals surface area contributed by atoms with E-state index in [1.54, 1.807) is 12.3 Å². The second kappa shape index (κ2) is 6.86. The van der Waals surface area contributed by atoms with Crippen LogP contribution in [0.4, 0.5) is 5.82 Å². The molecule has 0 aromatic carbocycles. The van der Waals surface area contributed by atoms with Crippen molar-refractivity contribution < 1.29 is 9.32 Å². The summed E-state index contributed by atoms with van der Waals surface area (Å²) in [5.41, 5.74) is 0.0639. The van der Waals surface area contributed by atoms with Gasteiger partial charge in [0.1, 0.15) is 5.76 Å². The van der Waals surface area contributed by atoms with Crippen LogP contribution in [0.3, 0.4) is 0 Å². The molecule has 128 valence electrons. The van der Waals surface area contributed by atoms with Crippen LogP contribution in [-0.4, -0.2) is 40.2 Å². The van der Waals surface area contributed by atoms with Crippen molar-refractivity contribution in [3.8, 4) is 0 Å². The summed E-state index contributed by atoms with van der Waals surface area (Å²) in [6, 6.07) is 1.61. The highest BCUT2D eigenvalue weighted by Gasteiger charge is 2.25. The number of carbonyl (C=O) groups excluding carboxylic acids is 1. The van der Waals surface area contributed by atoms with E-state index in [4.69, 9.17) is 4.52 Å². The minimum atomic E-state index is -0.257. The molecule has 1 fully saturated rings. The molecule has 0 spiro atoms. The molecule has 3 heterocycles. The van der Waals surface area contributed by atoms with E-state index in [1.165, 1.54) is 6.20 Å². The van der Waals surface area contributed by atoms with Crippen molar-refractivity contribution in [3.63, 3.8) is 0 Å². The lowest BCUT2D eigenvalue weighted by atomic mass is 10.1. The number of anilines is 1. The van der Waals surface area contributed by atoms with Gasteiger partial charge in [-0.25, -0.2) is 4.98 Å². The summed E-state index contributed by atoms with van der Waals surface area (Å²) >= 11 is 0. The average molecular weight is 331 g/mol. The van der Waals surface area contributed by atoms with Crippen LogP contribution >= 0.6 is 0 Å². The first kappa shape index (κ1) is 16.2. The van der Waals surface area contributed by atoms with Gasteiger partial charge in [-0.2, -0.15) is 0 Å². The van der Waals surface area contributed by atoms with Crippen LogP contribution in [0.2, 0.25) is 0 Å². The van der Waals surface area contributed by atoms with Gasteiger partial charge in [0.15, 0.2) is 11.5 Å². The molecule has 1 saturated heterocycles. The van der Waals surface area contributed by atoms with Crippen molar-refractivity contribution in [3.05, 3.63) is 40.3 Å². The highest BCUT2D eigenvalue weighted by atomic mass is 16.5. The lowest BCUT2D eigenvalue weighted by Crippen LogP contribution is -2.49. The molecule has 2 N–H and O–H groups in total. The minimum absolute atomic E-state index is 0.0631. The Labute approximate surface area is 139 Å². The number of nitrogens with one attached hydrogen (secondary N) is 2. The van der Waals surface area contributed by atoms with E-state index in [9.17, 15) is 9.59 Å². The summed E-state index contributed by atoms with van der Waals surface area (Å²) in [4.78, 5) is 32.8. The van der Waals surface area contributed by atoms with Gasteiger partial charge >= 0.3 is 0 Å². The monoisotopic (exact) mass is 331 g/mol. The Balaban J connectivity index is 1.65. The Bertz CT molecular complexity index is 767. The molecular formula is C16H21N5O3. The van der Waals surface area contributed by atoms with Crippen LogP contribution in [0.15, 0.2) is 27.8 Å². The van der Waals surface area contributed by atoms with Crippen LogP contribution in [-0.2, 0) is 0 Å². The first-order valence-corrected chi connectivity index (χ1v) is 8.10. The largest absolute Gasteiger partial charge is 0.360 e. The molecule has 1 aliphatic rings. The summed E-state index contributed by atoms with van der Waals surface area (Å²) in [6.07, 6.45) is 4.78. The lowest BCUT2D eigenvalue weighted by Gasteiger charge is -2.33. The first-order valence-electron chi connectivity index (χ1n) is 8.10. The summed E-state index contributed by atoms with van der Waals surface area (Å²) in [5, 5.41) is 6.79. The number of hydrogen-bond donors (Lipinski definition) is 2. The van der Waals surface area contributed by atoms with Gasteiger partial charge in [0.2, 0.25) is 0 Å². The van der Waals surface area contributed by atoms with Gasteiger partial charge in [-0.05, 0) is 12.8 Å². The molecule has 2 aromatic heterocycles. The van der Waals surface area contributed by atoms with Crippen molar-refractivity contribution in [1.82, 2.24) is 20.4 Å². The fourth-order valence-electron chi connectivity index (χ4n) is 2.78. The second-order valence-electron chi connectivity index (χ2n) is 6.27. The lowest BCUT2D eigenvalue weighted by molar-refractivity contribution is 0.0923. The van der Waals surface area contributed by atoms with Crippen molar-refractivity contribution in [2.45, 2.75) is 38.6 Å². The Kier molecular flexibility index (Phi) is 4.64. The molecule has 1 aliphatic heterocycles. The number of aromatic nitrogens is 3. The highest BCUT2D eigenvalue weighted by molar-refractivity contribution is 5.92. The zero-order valence-corrected chi connectivity index (χ0v) is 13.8. The maximum Gasteiger partial charge on any atom is 0.290 e. The SMILES string of the molecule is CC(C)c1cc(C(=O)N[C@@H]2CCCN(c3ncc[nH]c3=O)C2)no1. The van der Waals surface area contributed by atoms with Crippen LogP contribution in [0.5, 0.6) is 0 Å². The number of carbonyl (C=O) groups is 1. The number of hydrogen-bond acceptors (Lipinski definition) is 6. The Hall–Kier alpha value is -2.64. The van der Waals surface area contributed by atoms with E-state index in [2.05, 4.69) is 20.4 Å². The van der Waals surface area contributed by atoms with Crippen molar-refractivity contribution >= 4 is 11.7 Å². The number of rotatable bonds is 4. The Morgan fingerprint density at radius 3 is 3.04 bits per heavy atom. The number of amides is 1. The maximum atomic E-state index is 12.3. The van der Waals surface area contributed by atoms with Gasteiger partial charge in [0.05, 0.1) is 0 Å². The fourth-order valence-corrected chi connectivity index (χ4v) is 2.78. The zero-order chi connectivity index (χ0) is 17.1. The molecule has 0 radical (unpaired) electrons. The van der Waals surface area contributed by atoms with Crippen LogP contribution < -0.4 is 15.8 Å². The van der Waals surface area contributed by atoms with Crippen molar-refractivity contribution in [1.29, 1.82) is 0 Å². The van der Waals surface area contributed by atoms with Gasteiger partial charge in [-0.3, -0.25) is 9.59 Å².